The van der Waals surface area contributed by atoms with Crippen LogP contribution in [0.1, 0.15) is 56.6 Å². The molecule has 0 radical (unpaired) electrons. The van der Waals surface area contributed by atoms with Crippen LogP contribution in [-0.2, 0) is 4.79 Å². The largest absolute Gasteiger partial charge is 0.360 e. The minimum atomic E-state index is -0.261. The summed E-state index contributed by atoms with van der Waals surface area (Å²) in [5.41, 5.74) is 3.53. The van der Waals surface area contributed by atoms with E-state index in [1.54, 1.807) is 6.20 Å². The maximum absolute atomic E-state index is 12.8. The minimum absolute atomic E-state index is 0.117. The highest BCUT2D eigenvalue weighted by molar-refractivity contribution is 5.97. The van der Waals surface area contributed by atoms with Gasteiger partial charge in [-0.15, -0.1) is 0 Å². The van der Waals surface area contributed by atoms with E-state index in [1.807, 2.05) is 26.0 Å². The molecule has 4 fully saturated rings. The lowest BCUT2D eigenvalue weighted by Crippen LogP contribution is -2.56. The smallest absolute Gasteiger partial charge is 0.263 e. The van der Waals surface area contributed by atoms with Crippen molar-refractivity contribution in [3.8, 4) is 6.07 Å². The number of nitriles is 1. The Bertz CT molecular complexity index is 813. The Morgan fingerprint density at radius 2 is 1.79 bits per heavy atom. The van der Waals surface area contributed by atoms with Crippen LogP contribution in [0.15, 0.2) is 30.0 Å². The first kappa shape index (κ1) is 19.1. The zero-order chi connectivity index (χ0) is 19.9. The lowest BCUT2D eigenvalue weighted by atomic mass is 9.48. The highest BCUT2D eigenvalue weighted by atomic mass is 16.1. The van der Waals surface area contributed by atoms with Crippen LogP contribution in [0.2, 0.25) is 0 Å². The van der Waals surface area contributed by atoms with Gasteiger partial charge < -0.3 is 10.6 Å². The van der Waals surface area contributed by atoms with Crippen LogP contribution in [0.4, 0.5) is 5.69 Å². The minimum Gasteiger partial charge on any atom is -0.360 e. The molecule has 0 spiro atoms. The zero-order valence-electron chi connectivity index (χ0n) is 17.2. The molecule has 1 amide bonds. The topological polar surface area (TPSA) is 64.9 Å². The second kappa shape index (κ2) is 7.28. The summed E-state index contributed by atoms with van der Waals surface area (Å²) >= 11 is 0. The van der Waals surface area contributed by atoms with E-state index < -0.39 is 0 Å². The van der Waals surface area contributed by atoms with Gasteiger partial charge in [0, 0.05) is 17.9 Å². The number of nitrogens with zero attached hydrogens (tertiary/aromatic N) is 1. The van der Waals surface area contributed by atoms with Crippen LogP contribution in [0.25, 0.3) is 0 Å². The maximum Gasteiger partial charge on any atom is 0.263 e. The molecule has 0 aromatic heterocycles. The van der Waals surface area contributed by atoms with Gasteiger partial charge in [-0.05, 0) is 99.7 Å². The molecule has 1 aromatic rings. The number of rotatable bonds is 5. The van der Waals surface area contributed by atoms with Gasteiger partial charge in [-0.2, -0.15) is 5.26 Å². The molecule has 0 saturated heterocycles. The summed E-state index contributed by atoms with van der Waals surface area (Å²) in [5, 5.41) is 15.9. The van der Waals surface area contributed by atoms with Gasteiger partial charge >= 0.3 is 0 Å². The molecule has 0 heterocycles. The van der Waals surface area contributed by atoms with Gasteiger partial charge in [0.2, 0.25) is 0 Å². The van der Waals surface area contributed by atoms with Crippen molar-refractivity contribution in [1.29, 1.82) is 5.26 Å². The van der Waals surface area contributed by atoms with Gasteiger partial charge in [0.25, 0.3) is 5.91 Å². The van der Waals surface area contributed by atoms with Crippen LogP contribution >= 0.6 is 0 Å². The van der Waals surface area contributed by atoms with Gasteiger partial charge in [0.1, 0.15) is 11.6 Å². The lowest BCUT2D eigenvalue weighted by Gasteiger charge is -2.59. The fourth-order valence-corrected chi connectivity index (χ4v) is 6.33. The summed E-state index contributed by atoms with van der Waals surface area (Å²) in [6, 6.07) is 8.30. The third kappa shape index (κ3) is 3.55. The SMILES string of the molecule is Cc1ccc(C)c(N/C=C(/C#N)C(=O)NC(C)C23CC4CC(CC(C4)C2)C3)c1. The fraction of sp³-hybridized carbons (Fsp3) is 0.583. The molecule has 28 heavy (non-hydrogen) atoms. The number of hydrogen-bond donors (Lipinski definition) is 2. The Labute approximate surface area is 168 Å². The van der Waals surface area contributed by atoms with Crippen LogP contribution in [-0.4, -0.2) is 11.9 Å². The number of benzene rings is 1. The number of carbonyl (C=O) groups excluding carboxylic acids is 1. The fourth-order valence-electron chi connectivity index (χ4n) is 6.33. The Balaban J connectivity index is 1.44. The number of nitrogens with one attached hydrogen (secondary N) is 2. The van der Waals surface area contributed by atoms with E-state index in [0.29, 0.717) is 0 Å². The van der Waals surface area contributed by atoms with Crippen molar-refractivity contribution < 1.29 is 4.79 Å². The summed E-state index contributed by atoms with van der Waals surface area (Å²) < 4.78 is 0. The summed E-state index contributed by atoms with van der Waals surface area (Å²) in [4.78, 5) is 12.8. The monoisotopic (exact) mass is 377 g/mol. The summed E-state index contributed by atoms with van der Waals surface area (Å²) in [5.74, 6) is 2.29. The van der Waals surface area contributed by atoms with E-state index in [9.17, 15) is 10.1 Å². The van der Waals surface area contributed by atoms with Crippen molar-refractivity contribution in [2.75, 3.05) is 5.32 Å². The molecule has 0 aliphatic heterocycles. The summed E-state index contributed by atoms with van der Waals surface area (Å²) in [6.45, 7) is 6.19. The zero-order valence-corrected chi connectivity index (χ0v) is 17.2. The Morgan fingerprint density at radius 3 is 2.36 bits per heavy atom. The van der Waals surface area contributed by atoms with Gasteiger partial charge in [-0.25, -0.2) is 0 Å². The van der Waals surface area contributed by atoms with E-state index in [1.165, 1.54) is 38.5 Å². The van der Waals surface area contributed by atoms with Crippen molar-refractivity contribution in [1.82, 2.24) is 5.32 Å². The number of carbonyl (C=O) groups is 1. The summed E-state index contributed by atoms with van der Waals surface area (Å²) in [6.07, 6.45) is 9.45. The predicted octanol–water partition coefficient (Wildman–Crippen LogP) is 4.84. The van der Waals surface area contributed by atoms with E-state index in [4.69, 9.17) is 0 Å². The molecule has 2 N–H and O–H groups in total. The average Bonchev–Trinajstić information content (AvgIpc) is 2.63. The van der Waals surface area contributed by atoms with Crippen LogP contribution in [0.3, 0.4) is 0 Å². The maximum atomic E-state index is 12.8. The molecule has 4 heteroatoms. The van der Waals surface area contributed by atoms with E-state index >= 15 is 0 Å². The first-order valence-corrected chi connectivity index (χ1v) is 10.6. The Hall–Kier alpha value is -2.28. The third-order valence-electron chi connectivity index (χ3n) is 7.48. The molecule has 4 nitrogen and oxygen atoms in total. The number of anilines is 1. The molecule has 1 unspecified atom stereocenters. The standard InChI is InChI=1S/C24H31N3O/c1-15-4-5-16(2)22(6-15)26-14-21(13-25)23(28)27-17(3)24-10-18-7-19(11-24)9-20(8-18)12-24/h4-6,14,17-20,26H,7-12H2,1-3H3,(H,27,28)/b21-14-. The number of hydrogen-bond acceptors (Lipinski definition) is 3. The van der Waals surface area contributed by atoms with Crippen molar-refractivity contribution in [2.24, 2.45) is 23.2 Å². The normalized spacial score (nSPS) is 31.9. The van der Waals surface area contributed by atoms with Crippen LogP contribution in [0.5, 0.6) is 0 Å². The molecule has 148 valence electrons. The Morgan fingerprint density at radius 1 is 1.18 bits per heavy atom. The van der Waals surface area contributed by atoms with Gasteiger partial charge in [-0.3, -0.25) is 4.79 Å². The molecular weight excluding hydrogens is 346 g/mol. The van der Waals surface area contributed by atoms with Gasteiger partial charge in [0.05, 0.1) is 0 Å². The predicted molar refractivity (Wildman–Crippen MR) is 111 cm³/mol. The second-order valence-corrected chi connectivity index (χ2v) is 9.61. The number of amides is 1. The highest BCUT2D eigenvalue weighted by Crippen LogP contribution is 2.61. The van der Waals surface area contributed by atoms with E-state index in [2.05, 4.69) is 29.7 Å². The highest BCUT2D eigenvalue weighted by Gasteiger charge is 2.53. The molecule has 4 saturated carbocycles. The molecule has 4 aliphatic rings. The van der Waals surface area contributed by atoms with Crippen molar-refractivity contribution in [3.63, 3.8) is 0 Å². The van der Waals surface area contributed by atoms with Gasteiger partial charge in [-0.1, -0.05) is 12.1 Å². The van der Waals surface area contributed by atoms with Crippen molar-refractivity contribution in [3.05, 3.63) is 41.1 Å². The van der Waals surface area contributed by atoms with E-state index in [-0.39, 0.29) is 22.9 Å². The Kier molecular flexibility index (Phi) is 4.95. The van der Waals surface area contributed by atoms with E-state index in [0.717, 1.165) is 34.6 Å². The second-order valence-electron chi connectivity index (χ2n) is 9.61. The van der Waals surface area contributed by atoms with Crippen LogP contribution in [0, 0.1) is 48.3 Å². The summed E-state index contributed by atoms with van der Waals surface area (Å²) in [7, 11) is 0. The number of aryl methyl sites for hydroxylation is 2. The quantitative estimate of drug-likeness (QED) is 0.570. The molecule has 1 atom stereocenters. The lowest BCUT2D eigenvalue weighted by molar-refractivity contribution is -0.122. The molecular formula is C24H31N3O. The molecule has 5 rings (SSSR count). The molecule has 1 aromatic carbocycles. The first-order chi connectivity index (χ1) is 13.4. The molecule has 4 aliphatic carbocycles. The first-order valence-electron chi connectivity index (χ1n) is 10.6. The third-order valence-corrected chi connectivity index (χ3v) is 7.48. The van der Waals surface area contributed by atoms with Crippen molar-refractivity contribution >= 4 is 11.6 Å². The van der Waals surface area contributed by atoms with Crippen molar-refractivity contribution in [2.45, 2.75) is 65.3 Å². The average molecular weight is 378 g/mol. The molecule has 4 bridgehead atoms. The van der Waals surface area contributed by atoms with Gasteiger partial charge in [0.15, 0.2) is 0 Å². The van der Waals surface area contributed by atoms with Crippen LogP contribution < -0.4 is 10.6 Å².